The Morgan fingerprint density at radius 2 is 1.71 bits per heavy atom. The van der Waals surface area contributed by atoms with Crippen LogP contribution in [0.3, 0.4) is 0 Å². The van der Waals surface area contributed by atoms with Crippen molar-refractivity contribution in [3.63, 3.8) is 0 Å². The zero-order valence-electron chi connectivity index (χ0n) is 19.1. The van der Waals surface area contributed by atoms with Gasteiger partial charge in [0, 0.05) is 50.7 Å². The Labute approximate surface area is 192 Å². The topological polar surface area (TPSA) is 67.6 Å². The third-order valence-corrected chi connectivity index (χ3v) is 9.93. The van der Waals surface area contributed by atoms with Crippen LogP contribution < -0.4 is 0 Å². The fourth-order valence-corrected chi connectivity index (χ4v) is 7.42. The zero-order chi connectivity index (χ0) is 22.3. The molecule has 174 valence electrons. The standard InChI is InChI=1S/C23H38N4O2S2/c1-21(2)23(20-24,22-8-6-18-30-22)9-7-10-25-13-15-26(16-14-25)17-19-31(28,29)27-11-4-3-5-12-27/h6,8,18,21H,3-5,7,9-17,19H2,1-2H3. The van der Waals surface area contributed by atoms with E-state index in [9.17, 15) is 13.7 Å². The average Bonchev–Trinajstić information content (AvgIpc) is 3.32. The van der Waals surface area contributed by atoms with Gasteiger partial charge in [0.05, 0.1) is 17.2 Å². The molecule has 1 atom stereocenters. The fraction of sp³-hybridized carbons (Fsp3) is 0.783. The second-order valence-electron chi connectivity index (χ2n) is 9.28. The molecular formula is C23H38N4O2S2. The first-order valence-corrected chi connectivity index (χ1v) is 14.2. The van der Waals surface area contributed by atoms with Crippen molar-refractivity contribution in [2.24, 2.45) is 5.92 Å². The molecule has 0 aromatic carbocycles. The highest BCUT2D eigenvalue weighted by atomic mass is 32.2. The quantitative estimate of drug-likeness (QED) is 0.529. The van der Waals surface area contributed by atoms with Gasteiger partial charge in [-0.05, 0) is 49.6 Å². The van der Waals surface area contributed by atoms with Crippen LogP contribution in [0, 0.1) is 17.2 Å². The van der Waals surface area contributed by atoms with Crippen molar-refractivity contribution in [2.75, 3.05) is 58.1 Å². The molecule has 0 saturated carbocycles. The summed E-state index contributed by atoms with van der Waals surface area (Å²) in [6, 6.07) is 6.79. The Kier molecular flexibility index (Phi) is 8.94. The number of piperazine rings is 1. The molecule has 0 spiro atoms. The van der Waals surface area contributed by atoms with E-state index < -0.39 is 15.4 Å². The van der Waals surface area contributed by atoms with Crippen LogP contribution >= 0.6 is 11.3 Å². The molecule has 6 nitrogen and oxygen atoms in total. The van der Waals surface area contributed by atoms with Crippen LogP contribution in [0.5, 0.6) is 0 Å². The molecular weight excluding hydrogens is 428 g/mol. The van der Waals surface area contributed by atoms with Crippen LogP contribution in [0.15, 0.2) is 17.5 Å². The van der Waals surface area contributed by atoms with Gasteiger partial charge < -0.3 is 4.90 Å². The maximum absolute atomic E-state index is 12.6. The predicted molar refractivity (Wildman–Crippen MR) is 128 cm³/mol. The third-order valence-electron chi connectivity index (χ3n) is 7.03. The third kappa shape index (κ3) is 6.29. The number of piperidine rings is 1. The average molecular weight is 467 g/mol. The van der Waals surface area contributed by atoms with Crippen molar-refractivity contribution in [1.82, 2.24) is 14.1 Å². The van der Waals surface area contributed by atoms with Crippen molar-refractivity contribution < 1.29 is 8.42 Å². The number of sulfonamides is 1. The molecule has 0 aliphatic carbocycles. The molecule has 2 aliphatic rings. The number of hydrogen-bond acceptors (Lipinski definition) is 6. The highest BCUT2D eigenvalue weighted by Crippen LogP contribution is 2.39. The smallest absolute Gasteiger partial charge is 0.215 e. The van der Waals surface area contributed by atoms with E-state index in [4.69, 9.17) is 0 Å². The molecule has 0 bridgehead atoms. The van der Waals surface area contributed by atoms with Crippen LogP contribution in [0.1, 0.15) is 50.8 Å². The molecule has 0 N–H and O–H groups in total. The number of rotatable bonds is 10. The number of nitriles is 1. The van der Waals surface area contributed by atoms with E-state index in [2.05, 4.69) is 41.2 Å². The molecule has 3 rings (SSSR count). The molecule has 1 aromatic heterocycles. The maximum atomic E-state index is 12.6. The second kappa shape index (κ2) is 11.2. The monoisotopic (exact) mass is 466 g/mol. The summed E-state index contributed by atoms with van der Waals surface area (Å²) in [6.07, 6.45) is 5.03. The summed E-state index contributed by atoms with van der Waals surface area (Å²) in [4.78, 5) is 5.94. The molecule has 0 radical (unpaired) electrons. The van der Waals surface area contributed by atoms with Gasteiger partial charge in [-0.1, -0.05) is 26.3 Å². The van der Waals surface area contributed by atoms with E-state index in [0.29, 0.717) is 19.6 Å². The van der Waals surface area contributed by atoms with Crippen molar-refractivity contribution >= 4 is 21.4 Å². The van der Waals surface area contributed by atoms with E-state index in [-0.39, 0.29) is 11.7 Å². The molecule has 31 heavy (non-hydrogen) atoms. The first kappa shape index (κ1) is 24.7. The van der Waals surface area contributed by atoms with Crippen molar-refractivity contribution in [1.29, 1.82) is 5.26 Å². The summed E-state index contributed by atoms with van der Waals surface area (Å²) in [7, 11) is -3.11. The lowest BCUT2D eigenvalue weighted by Crippen LogP contribution is -2.49. The Morgan fingerprint density at radius 1 is 1.06 bits per heavy atom. The van der Waals surface area contributed by atoms with Crippen LogP contribution in [0.25, 0.3) is 0 Å². The lowest BCUT2D eigenvalue weighted by molar-refractivity contribution is 0.133. The largest absolute Gasteiger partial charge is 0.301 e. The van der Waals surface area contributed by atoms with Crippen molar-refractivity contribution in [3.8, 4) is 6.07 Å². The van der Waals surface area contributed by atoms with Gasteiger partial charge >= 0.3 is 0 Å². The van der Waals surface area contributed by atoms with Gasteiger partial charge in [0.15, 0.2) is 0 Å². The Balaban J connectivity index is 1.40. The fourth-order valence-electron chi connectivity index (χ4n) is 4.80. The Morgan fingerprint density at radius 3 is 2.26 bits per heavy atom. The summed E-state index contributed by atoms with van der Waals surface area (Å²) >= 11 is 1.69. The van der Waals surface area contributed by atoms with E-state index in [0.717, 1.165) is 64.8 Å². The zero-order valence-corrected chi connectivity index (χ0v) is 20.8. The Bertz CT molecular complexity index is 805. The molecule has 0 amide bonds. The predicted octanol–water partition coefficient (Wildman–Crippen LogP) is 3.38. The summed E-state index contributed by atoms with van der Waals surface area (Å²) in [5.74, 6) is 0.530. The van der Waals surface area contributed by atoms with Crippen molar-refractivity contribution in [3.05, 3.63) is 22.4 Å². The highest BCUT2D eigenvalue weighted by molar-refractivity contribution is 7.89. The van der Waals surface area contributed by atoms with Crippen LogP contribution in [-0.2, 0) is 15.4 Å². The summed E-state index contributed by atoms with van der Waals surface area (Å²) in [5, 5.41) is 12.1. The van der Waals surface area contributed by atoms with E-state index >= 15 is 0 Å². The van der Waals surface area contributed by atoms with Gasteiger partial charge in [-0.25, -0.2) is 12.7 Å². The lowest BCUT2D eigenvalue weighted by atomic mass is 9.73. The summed E-state index contributed by atoms with van der Waals surface area (Å²) < 4.78 is 26.8. The van der Waals surface area contributed by atoms with Crippen LogP contribution in [-0.4, -0.2) is 80.6 Å². The molecule has 1 unspecified atom stereocenters. The lowest BCUT2D eigenvalue weighted by Gasteiger charge is -2.36. The van der Waals surface area contributed by atoms with E-state index in [1.54, 1.807) is 15.6 Å². The van der Waals surface area contributed by atoms with E-state index in [1.807, 2.05) is 6.07 Å². The normalized spacial score (nSPS) is 21.7. The minimum atomic E-state index is -3.11. The van der Waals surface area contributed by atoms with Gasteiger partial charge in [-0.3, -0.25) is 4.90 Å². The maximum Gasteiger partial charge on any atom is 0.215 e. The second-order valence-corrected chi connectivity index (χ2v) is 12.3. The highest BCUT2D eigenvalue weighted by Gasteiger charge is 2.36. The van der Waals surface area contributed by atoms with Crippen LogP contribution in [0.4, 0.5) is 0 Å². The van der Waals surface area contributed by atoms with Crippen molar-refractivity contribution in [2.45, 2.75) is 51.4 Å². The van der Waals surface area contributed by atoms with Gasteiger partial charge in [0.2, 0.25) is 10.0 Å². The van der Waals surface area contributed by atoms with Crippen LogP contribution in [0.2, 0.25) is 0 Å². The molecule has 8 heteroatoms. The number of hydrogen-bond donors (Lipinski definition) is 0. The van der Waals surface area contributed by atoms with Gasteiger partial charge in [-0.2, -0.15) is 5.26 Å². The minimum Gasteiger partial charge on any atom is -0.301 e. The van der Waals surface area contributed by atoms with Gasteiger partial charge in [-0.15, -0.1) is 11.3 Å². The van der Waals surface area contributed by atoms with Gasteiger partial charge in [0.25, 0.3) is 0 Å². The molecule has 3 heterocycles. The molecule has 2 saturated heterocycles. The Hall–Kier alpha value is -0.980. The van der Waals surface area contributed by atoms with Gasteiger partial charge in [0.1, 0.15) is 0 Å². The minimum absolute atomic E-state index is 0.243. The number of nitrogens with zero attached hydrogens (tertiary/aromatic N) is 4. The number of thiophene rings is 1. The summed E-state index contributed by atoms with van der Waals surface area (Å²) in [6.45, 7) is 11.1. The molecule has 2 fully saturated rings. The van der Waals surface area contributed by atoms with E-state index in [1.165, 1.54) is 4.88 Å². The summed E-state index contributed by atoms with van der Waals surface area (Å²) in [5.41, 5.74) is -0.390. The SMILES string of the molecule is CC(C)C(C#N)(CCCN1CCN(CCS(=O)(=O)N2CCCCC2)CC1)c1cccs1. The molecule has 1 aromatic rings. The first-order chi connectivity index (χ1) is 14.9. The first-order valence-electron chi connectivity index (χ1n) is 11.8. The molecule has 2 aliphatic heterocycles.